The molecule has 16 heavy (non-hydrogen) atoms. The number of nitrogens with one attached hydrogen (secondary N) is 1. The summed E-state index contributed by atoms with van der Waals surface area (Å²) >= 11 is 0. The van der Waals surface area contributed by atoms with Gasteiger partial charge in [0.1, 0.15) is 11.8 Å². The predicted molar refractivity (Wildman–Crippen MR) is 63.4 cm³/mol. The fourth-order valence-corrected chi connectivity index (χ4v) is 2.26. The molecular weight excluding hydrogens is 200 g/mol. The van der Waals surface area contributed by atoms with Crippen LogP contribution in [0.4, 0.5) is 0 Å². The Hall–Kier alpha value is -2.29. The van der Waals surface area contributed by atoms with Gasteiger partial charge in [-0.05, 0) is 18.2 Å². The second kappa shape index (κ2) is 2.64. The number of H-pyrrole nitrogens is 1. The first-order valence-electron chi connectivity index (χ1n) is 5.17. The van der Waals surface area contributed by atoms with Gasteiger partial charge in [-0.15, -0.1) is 0 Å². The van der Waals surface area contributed by atoms with E-state index >= 15 is 0 Å². The average Bonchev–Trinajstić information content (AvgIpc) is 2.92. The van der Waals surface area contributed by atoms with Crippen LogP contribution in [0.2, 0.25) is 0 Å². The largest absolute Gasteiger partial charge is 0.363 e. The lowest BCUT2D eigenvalue weighted by atomic mass is 10.1. The van der Waals surface area contributed by atoms with Gasteiger partial charge in [0.2, 0.25) is 0 Å². The molecular formula is C13H8N2O. The Morgan fingerprint density at radius 1 is 0.938 bits per heavy atom. The summed E-state index contributed by atoms with van der Waals surface area (Å²) in [5.74, 6) is 0. The molecule has 3 nitrogen and oxygen atoms in total. The van der Waals surface area contributed by atoms with Crippen LogP contribution in [0.25, 0.3) is 32.7 Å². The molecule has 0 aliphatic carbocycles. The van der Waals surface area contributed by atoms with Crippen molar-refractivity contribution in [3.05, 3.63) is 42.7 Å². The highest BCUT2D eigenvalue weighted by Gasteiger charge is 2.08. The highest BCUT2D eigenvalue weighted by molar-refractivity contribution is 6.15. The van der Waals surface area contributed by atoms with Crippen molar-refractivity contribution >= 4 is 32.7 Å². The first-order chi connectivity index (χ1) is 7.93. The van der Waals surface area contributed by atoms with Gasteiger partial charge in [0.25, 0.3) is 0 Å². The molecule has 0 saturated carbocycles. The molecule has 4 rings (SSSR count). The maximum atomic E-state index is 5.00. The minimum Gasteiger partial charge on any atom is -0.363 e. The molecule has 1 N–H and O–H groups in total. The van der Waals surface area contributed by atoms with Crippen molar-refractivity contribution in [2.24, 2.45) is 0 Å². The van der Waals surface area contributed by atoms with Crippen LogP contribution in [0.5, 0.6) is 0 Å². The lowest BCUT2D eigenvalue weighted by molar-refractivity contribution is 0.428. The van der Waals surface area contributed by atoms with Crippen LogP contribution in [-0.4, -0.2) is 10.1 Å². The van der Waals surface area contributed by atoms with Crippen molar-refractivity contribution in [3.63, 3.8) is 0 Å². The first-order valence-corrected chi connectivity index (χ1v) is 5.17. The zero-order valence-corrected chi connectivity index (χ0v) is 8.40. The molecule has 2 aromatic heterocycles. The van der Waals surface area contributed by atoms with Crippen LogP contribution >= 0.6 is 0 Å². The van der Waals surface area contributed by atoms with Crippen molar-refractivity contribution in [1.82, 2.24) is 10.1 Å². The number of hydrogen-bond acceptors (Lipinski definition) is 2. The molecule has 2 aromatic carbocycles. The molecule has 0 aliphatic heterocycles. The molecule has 0 unspecified atom stereocenters. The second-order valence-corrected chi connectivity index (χ2v) is 3.91. The number of hydrogen-bond donors (Lipinski definition) is 1. The molecule has 0 aliphatic rings. The summed E-state index contributed by atoms with van der Waals surface area (Å²) in [5.41, 5.74) is 3.13. The average molecular weight is 208 g/mol. The predicted octanol–water partition coefficient (Wildman–Crippen LogP) is 3.46. The minimum absolute atomic E-state index is 0.888. The highest BCUT2D eigenvalue weighted by atomic mass is 16.5. The molecule has 0 fully saturated rings. The molecule has 3 heteroatoms. The zero-order valence-electron chi connectivity index (χ0n) is 8.40. The van der Waals surface area contributed by atoms with Gasteiger partial charge in [0.05, 0.1) is 10.9 Å². The van der Waals surface area contributed by atoms with Crippen LogP contribution < -0.4 is 0 Å². The van der Waals surface area contributed by atoms with Gasteiger partial charge in [-0.1, -0.05) is 23.4 Å². The summed E-state index contributed by atoms with van der Waals surface area (Å²) in [6, 6.07) is 12.3. The molecule has 4 aromatic rings. The molecule has 0 saturated heterocycles. The van der Waals surface area contributed by atoms with Crippen molar-refractivity contribution in [2.45, 2.75) is 0 Å². The summed E-state index contributed by atoms with van der Waals surface area (Å²) in [6.07, 6.45) is 1.69. The van der Waals surface area contributed by atoms with E-state index < -0.39 is 0 Å². The smallest absolute Gasteiger partial charge is 0.133 e. The van der Waals surface area contributed by atoms with Gasteiger partial charge >= 0.3 is 0 Å². The number of para-hydroxylation sites is 1. The molecule has 0 amide bonds. The topological polar surface area (TPSA) is 41.8 Å². The quantitative estimate of drug-likeness (QED) is 0.480. The highest BCUT2D eigenvalue weighted by Crippen LogP contribution is 2.30. The van der Waals surface area contributed by atoms with Gasteiger partial charge in [-0.3, -0.25) is 0 Å². The Morgan fingerprint density at radius 3 is 2.88 bits per heavy atom. The van der Waals surface area contributed by atoms with Gasteiger partial charge in [0, 0.05) is 16.3 Å². The van der Waals surface area contributed by atoms with Crippen molar-refractivity contribution in [3.8, 4) is 0 Å². The van der Waals surface area contributed by atoms with E-state index in [1.807, 2.05) is 18.2 Å². The summed E-state index contributed by atoms with van der Waals surface area (Å²) in [7, 11) is 0. The van der Waals surface area contributed by atoms with Gasteiger partial charge in [-0.2, -0.15) is 0 Å². The van der Waals surface area contributed by atoms with E-state index in [0.29, 0.717) is 0 Å². The van der Waals surface area contributed by atoms with Gasteiger partial charge in [0.15, 0.2) is 0 Å². The molecule has 0 spiro atoms. The zero-order chi connectivity index (χ0) is 10.5. The van der Waals surface area contributed by atoms with Gasteiger partial charge < -0.3 is 9.51 Å². The monoisotopic (exact) mass is 208 g/mol. The summed E-state index contributed by atoms with van der Waals surface area (Å²) < 4.78 is 5.00. The van der Waals surface area contributed by atoms with Crippen LogP contribution in [0.1, 0.15) is 0 Å². The molecule has 76 valence electrons. The van der Waals surface area contributed by atoms with E-state index in [9.17, 15) is 0 Å². The SMILES string of the molecule is c1ccc2c(c1)[nH]c1c3conc3ccc21. The Morgan fingerprint density at radius 2 is 1.88 bits per heavy atom. The lowest BCUT2D eigenvalue weighted by Crippen LogP contribution is -1.70. The third kappa shape index (κ3) is 0.852. The second-order valence-electron chi connectivity index (χ2n) is 3.91. The molecule has 0 atom stereocenters. The molecule has 2 heterocycles. The van der Waals surface area contributed by atoms with Crippen LogP contribution in [0.3, 0.4) is 0 Å². The van der Waals surface area contributed by atoms with E-state index in [2.05, 4.69) is 28.3 Å². The number of aromatic nitrogens is 2. The summed E-state index contributed by atoms with van der Waals surface area (Å²) in [4.78, 5) is 3.41. The fraction of sp³-hybridized carbons (Fsp3) is 0. The summed E-state index contributed by atoms with van der Waals surface area (Å²) in [6.45, 7) is 0. The standard InChI is InChI=1S/C13H8N2O/c1-2-4-11-8(3-1)9-5-6-12-10(7-16-15-12)13(9)14-11/h1-7,14H. The number of fused-ring (bicyclic) bond motifs is 5. The van der Waals surface area contributed by atoms with E-state index in [0.717, 1.165) is 21.9 Å². The number of aromatic amines is 1. The number of rotatable bonds is 0. The van der Waals surface area contributed by atoms with Crippen molar-refractivity contribution in [2.75, 3.05) is 0 Å². The normalized spacial score (nSPS) is 11.8. The van der Waals surface area contributed by atoms with Crippen LogP contribution in [-0.2, 0) is 0 Å². The van der Waals surface area contributed by atoms with Crippen LogP contribution in [0.15, 0.2) is 47.2 Å². The third-order valence-electron chi connectivity index (χ3n) is 3.02. The van der Waals surface area contributed by atoms with Crippen molar-refractivity contribution in [1.29, 1.82) is 0 Å². The first kappa shape index (κ1) is 7.93. The Labute approximate surface area is 90.7 Å². The van der Waals surface area contributed by atoms with Crippen LogP contribution in [0, 0.1) is 0 Å². The van der Waals surface area contributed by atoms with E-state index in [1.54, 1.807) is 6.26 Å². The maximum Gasteiger partial charge on any atom is 0.133 e. The number of benzene rings is 2. The minimum atomic E-state index is 0.888. The third-order valence-corrected chi connectivity index (χ3v) is 3.02. The summed E-state index contributed by atoms with van der Waals surface area (Å²) in [5, 5.41) is 7.43. The Balaban J connectivity index is 2.38. The van der Waals surface area contributed by atoms with E-state index in [4.69, 9.17) is 4.52 Å². The fourth-order valence-electron chi connectivity index (χ4n) is 2.26. The molecule has 0 radical (unpaired) electrons. The lowest BCUT2D eigenvalue weighted by Gasteiger charge is -1.90. The van der Waals surface area contributed by atoms with Crippen molar-refractivity contribution < 1.29 is 4.52 Å². The van der Waals surface area contributed by atoms with E-state index in [-0.39, 0.29) is 0 Å². The molecule has 0 bridgehead atoms. The van der Waals surface area contributed by atoms with Gasteiger partial charge in [-0.25, -0.2) is 0 Å². The maximum absolute atomic E-state index is 5.00. The van der Waals surface area contributed by atoms with E-state index in [1.165, 1.54) is 10.8 Å². The number of nitrogens with zero attached hydrogens (tertiary/aromatic N) is 1. The Kier molecular flexibility index (Phi) is 1.31. The Bertz CT molecular complexity index is 810.